The number of primary amides is 1. The minimum absolute atomic E-state index is 0.182. The molecule has 166 valence electrons. The number of nitrogens with two attached hydrogens (primary N) is 1. The number of hydrogen-bond acceptors (Lipinski definition) is 3. The zero-order chi connectivity index (χ0) is 22.3. The number of hydrogen-bond donors (Lipinski definition) is 1. The molecule has 1 aliphatic heterocycles. The first-order valence-electron chi connectivity index (χ1n) is 11.8. The molecular formula is C28H33N3O. The van der Waals surface area contributed by atoms with Gasteiger partial charge in [0.05, 0.1) is 0 Å². The molecule has 1 saturated carbocycles. The Morgan fingerprint density at radius 3 is 2.66 bits per heavy atom. The molecule has 2 bridgehead atoms. The second kappa shape index (κ2) is 8.25. The number of likely N-dealkylation sites (tertiary alicyclic amines) is 1. The second-order valence-electron chi connectivity index (χ2n) is 9.88. The number of rotatable bonds is 5. The zero-order valence-corrected chi connectivity index (χ0v) is 19.2. The molecular weight excluding hydrogens is 394 g/mol. The molecule has 4 nitrogen and oxygen atoms in total. The minimum Gasteiger partial charge on any atom is -0.377 e. The van der Waals surface area contributed by atoms with Crippen molar-refractivity contribution in [1.29, 1.82) is 0 Å². The van der Waals surface area contributed by atoms with Gasteiger partial charge in [0.25, 0.3) is 0 Å². The van der Waals surface area contributed by atoms with E-state index in [-0.39, 0.29) is 11.3 Å². The maximum absolute atomic E-state index is 11.7. The van der Waals surface area contributed by atoms with Crippen molar-refractivity contribution in [3.05, 3.63) is 77.4 Å². The highest BCUT2D eigenvalue weighted by Gasteiger charge is 2.43. The highest BCUT2D eigenvalue weighted by Crippen LogP contribution is 2.47. The first-order valence-corrected chi connectivity index (χ1v) is 11.8. The van der Waals surface area contributed by atoms with Crippen LogP contribution in [0.15, 0.2) is 60.7 Å². The van der Waals surface area contributed by atoms with Gasteiger partial charge in [0, 0.05) is 43.3 Å². The Bertz CT molecular complexity index is 1150. The van der Waals surface area contributed by atoms with Gasteiger partial charge < -0.3 is 10.6 Å². The summed E-state index contributed by atoms with van der Waals surface area (Å²) in [5.74, 6) is -0.332. The van der Waals surface area contributed by atoms with Gasteiger partial charge >= 0.3 is 0 Å². The summed E-state index contributed by atoms with van der Waals surface area (Å²) in [5, 5.41) is 2.69. The van der Waals surface area contributed by atoms with Crippen LogP contribution in [0, 0.1) is 0 Å². The summed E-state index contributed by atoms with van der Waals surface area (Å²) in [6.07, 6.45) is 6.01. The lowest BCUT2D eigenvalue weighted by Gasteiger charge is -2.51. The fourth-order valence-electron chi connectivity index (χ4n) is 6.12. The molecule has 2 fully saturated rings. The van der Waals surface area contributed by atoms with E-state index >= 15 is 0 Å². The summed E-state index contributed by atoms with van der Waals surface area (Å²) in [6, 6.07) is 22.0. The average molecular weight is 428 g/mol. The first kappa shape index (κ1) is 21.0. The molecule has 2 N–H and O–H groups in total. The predicted octanol–water partition coefficient (Wildman–Crippen LogP) is 5.09. The van der Waals surface area contributed by atoms with Gasteiger partial charge in [-0.1, -0.05) is 48.9 Å². The first-order chi connectivity index (χ1) is 15.5. The monoisotopic (exact) mass is 427 g/mol. The maximum atomic E-state index is 11.7. The molecule has 5 rings (SSSR count). The quantitative estimate of drug-likeness (QED) is 0.617. The number of carbonyl (C=O) groups is 1. The van der Waals surface area contributed by atoms with Crippen LogP contribution < -0.4 is 10.6 Å². The normalized spacial score (nSPS) is 23.2. The van der Waals surface area contributed by atoms with Crippen molar-refractivity contribution < 1.29 is 4.79 Å². The molecule has 0 radical (unpaired) electrons. The van der Waals surface area contributed by atoms with Gasteiger partial charge in [-0.2, -0.15) is 0 Å². The van der Waals surface area contributed by atoms with E-state index in [0.29, 0.717) is 11.6 Å². The summed E-state index contributed by atoms with van der Waals surface area (Å²) < 4.78 is 0. The SMILES string of the molecule is CN(C)c1ccc(CN2CCC3(c4cccc(C(N)=O)c4)CCCC2C3)c2ccccc12. The van der Waals surface area contributed by atoms with E-state index < -0.39 is 0 Å². The van der Waals surface area contributed by atoms with Crippen LogP contribution in [0.3, 0.4) is 0 Å². The fourth-order valence-corrected chi connectivity index (χ4v) is 6.12. The second-order valence-corrected chi connectivity index (χ2v) is 9.88. The Hall–Kier alpha value is -2.85. The molecule has 1 saturated heterocycles. The summed E-state index contributed by atoms with van der Waals surface area (Å²) in [6.45, 7) is 2.09. The van der Waals surface area contributed by atoms with Crippen molar-refractivity contribution >= 4 is 22.4 Å². The number of amides is 1. The number of piperidine rings is 1. The Balaban J connectivity index is 1.42. The lowest BCUT2D eigenvalue weighted by Crippen LogP contribution is -2.51. The van der Waals surface area contributed by atoms with Crippen LogP contribution in [0.5, 0.6) is 0 Å². The molecule has 1 heterocycles. The molecule has 2 aliphatic rings. The zero-order valence-electron chi connectivity index (χ0n) is 19.2. The van der Waals surface area contributed by atoms with Gasteiger partial charge in [-0.3, -0.25) is 9.69 Å². The largest absolute Gasteiger partial charge is 0.377 e. The van der Waals surface area contributed by atoms with Crippen LogP contribution in [0.4, 0.5) is 5.69 Å². The smallest absolute Gasteiger partial charge is 0.248 e. The molecule has 2 atom stereocenters. The van der Waals surface area contributed by atoms with Crippen LogP contribution in [-0.2, 0) is 12.0 Å². The summed E-state index contributed by atoms with van der Waals surface area (Å²) in [4.78, 5) is 16.6. The molecule has 4 heteroatoms. The Kier molecular flexibility index (Phi) is 5.42. The van der Waals surface area contributed by atoms with Crippen molar-refractivity contribution in [3.8, 4) is 0 Å². The summed E-state index contributed by atoms with van der Waals surface area (Å²) in [7, 11) is 4.22. The van der Waals surface area contributed by atoms with Gasteiger partial charge in [-0.25, -0.2) is 0 Å². The number of fused-ring (bicyclic) bond motifs is 3. The van der Waals surface area contributed by atoms with Gasteiger partial charge in [0.1, 0.15) is 0 Å². The van der Waals surface area contributed by atoms with E-state index in [0.717, 1.165) is 19.5 Å². The topological polar surface area (TPSA) is 49.6 Å². The average Bonchev–Trinajstić information content (AvgIpc) is 2.81. The molecule has 0 aromatic heterocycles. The van der Waals surface area contributed by atoms with Crippen LogP contribution in [-0.4, -0.2) is 37.5 Å². The van der Waals surface area contributed by atoms with Crippen molar-refractivity contribution in [1.82, 2.24) is 4.90 Å². The minimum atomic E-state index is -0.332. The summed E-state index contributed by atoms with van der Waals surface area (Å²) in [5.41, 5.74) is 10.4. The van der Waals surface area contributed by atoms with Gasteiger partial charge in [0.2, 0.25) is 5.91 Å². The van der Waals surface area contributed by atoms with Gasteiger partial charge in [-0.15, -0.1) is 0 Å². The number of benzene rings is 3. The lowest BCUT2D eigenvalue weighted by molar-refractivity contribution is 0.0461. The van der Waals surface area contributed by atoms with Crippen LogP contribution >= 0.6 is 0 Å². The van der Waals surface area contributed by atoms with E-state index in [4.69, 9.17) is 5.73 Å². The van der Waals surface area contributed by atoms with Gasteiger partial charge in [0.15, 0.2) is 0 Å². The van der Waals surface area contributed by atoms with E-state index in [1.54, 1.807) is 0 Å². The molecule has 1 aliphatic carbocycles. The van der Waals surface area contributed by atoms with Crippen LogP contribution in [0.2, 0.25) is 0 Å². The molecule has 3 aromatic carbocycles. The third-order valence-electron chi connectivity index (χ3n) is 7.82. The van der Waals surface area contributed by atoms with Gasteiger partial charge in [-0.05, 0) is 72.4 Å². The van der Waals surface area contributed by atoms with E-state index in [1.165, 1.54) is 53.3 Å². The molecule has 32 heavy (non-hydrogen) atoms. The van der Waals surface area contributed by atoms with E-state index in [9.17, 15) is 4.79 Å². The molecule has 0 spiro atoms. The molecule has 1 amide bonds. The third kappa shape index (κ3) is 3.67. The van der Waals surface area contributed by atoms with E-state index in [1.807, 2.05) is 18.2 Å². The van der Waals surface area contributed by atoms with Crippen LogP contribution in [0.25, 0.3) is 10.8 Å². The Morgan fingerprint density at radius 1 is 1.06 bits per heavy atom. The maximum Gasteiger partial charge on any atom is 0.248 e. The summed E-state index contributed by atoms with van der Waals surface area (Å²) >= 11 is 0. The molecule has 3 aromatic rings. The number of anilines is 1. The number of carbonyl (C=O) groups excluding carboxylic acids is 1. The van der Waals surface area contributed by atoms with Crippen molar-refractivity contribution in [3.63, 3.8) is 0 Å². The Labute approximate surface area is 191 Å². The third-order valence-corrected chi connectivity index (χ3v) is 7.82. The standard InChI is InChI=1S/C28H33N3O/c1-30(2)26-13-12-21(24-10-3-4-11-25(24)26)19-31-16-15-28(14-6-9-23(31)18-28)22-8-5-7-20(17-22)27(29)32/h3-5,7-8,10-13,17,23H,6,9,14-16,18-19H2,1-2H3,(H2,29,32). The highest BCUT2D eigenvalue weighted by molar-refractivity contribution is 5.96. The van der Waals surface area contributed by atoms with Crippen molar-refractivity contribution in [2.45, 2.75) is 50.1 Å². The van der Waals surface area contributed by atoms with Crippen molar-refractivity contribution in [2.75, 3.05) is 25.5 Å². The van der Waals surface area contributed by atoms with E-state index in [2.05, 4.69) is 66.4 Å². The van der Waals surface area contributed by atoms with Crippen molar-refractivity contribution in [2.24, 2.45) is 5.73 Å². The highest BCUT2D eigenvalue weighted by atomic mass is 16.1. The molecule has 2 unspecified atom stereocenters. The van der Waals surface area contributed by atoms with Crippen LogP contribution in [0.1, 0.15) is 53.6 Å². The Morgan fingerprint density at radius 2 is 1.88 bits per heavy atom. The predicted molar refractivity (Wildman–Crippen MR) is 132 cm³/mol. The number of nitrogens with zero attached hydrogens (tertiary/aromatic N) is 2. The lowest BCUT2D eigenvalue weighted by atomic mass is 9.63. The fraction of sp³-hybridized carbons (Fsp3) is 0.393.